The minimum atomic E-state index is -3.78. The van der Waals surface area contributed by atoms with Crippen LogP contribution in [0.1, 0.15) is 48.5 Å². The highest BCUT2D eigenvalue weighted by Crippen LogP contribution is 2.27. The van der Waals surface area contributed by atoms with Crippen molar-refractivity contribution in [1.82, 2.24) is 9.80 Å². The maximum absolute atomic E-state index is 14.4. The van der Waals surface area contributed by atoms with Gasteiger partial charge in [0, 0.05) is 38.3 Å². The summed E-state index contributed by atoms with van der Waals surface area (Å²) in [7, 11) is -3.78. The van der Waals surface area contributed by atoms with Gasteiger partial charge in [0.1, 0.15) is 29.7 Å². The van der Waals surface area contributed by atoms with E-state index in [9.17, 15) is 31.6 Å². The van der Waals surface area contributed by atoms with Crippen LogP contribution in [0.15, 0.2) is 60.7 Å². The van der Waals surface area contributed by atoms with E-state index < -0.39 is 51.7 Å². The van der Waals surface area contributed by atoms with Crippen LogP contribution in [-0.4, -0.2) is 79.7 Å². The predicted octanol–water partition coefficient (Wildman–Crippen LogP) is 5.43. The lowest BCUT2D eigenvalue weighted by atomic mass is 10.0. The lowest BCUT2D eigenvalue weighted by Crippen LogP contribution is -2.49. The van der Waals surface area contributed by atoms with Crippen molar-refractivity contribution < 1.29 is 41.4 Å². The van der Waals surface area contributed by atoms with Crippen molar-refractivity contribution in [3.05, 3.63) is 83.4 Å². The second-order valence-electron chi connectivity index (χ2n) is 11.6. The molecule has 0 radical (unpaired) electrons. The standard InChI is InChI=1S/C33H39F2N5O7S.ClH/c1-3-4-15-39(33(44)37-30-18-27(32(36)43)28(34)19-29(30)35)23-13-16-38(17-14-23)20-22-5-9-25(10-6-22)47-26-11-7-24(8-12-26)40(21-31(41)42)48(2,45)46;/h5-12,18-19,23H,3-4,13-17,20-21H2,1-2H3,(H2,36,43)(H,37,44)(H,41,42);1H. The molecule has 1 heterocycles. The van der Waals surface area contributed by atoms with Gasteiger partial charge in [-0.15, -0.1) is 12.4 Å². The topological polar surface area (TPSA) is 163 Å². The fourth-order valence-corrected chi connectivity index (χ4v) is 6.30. The summed E-state index contributed by atoms with van der Waals surface area (Å²) in [5.74, 6) is -3.42. The second-order valence-corrected chi connectivity index (χ2v) is 13.5. The molecule has 1 aliphatic heterocycles. The van der Waals surface area contributed by atoms with Gasteiger partial charge in [-0.3, -0.25) is 18.8 Å². The summed E-state index contributed by atoms with van der Waals surface area (Å²) in [6.07, 6.45) is 3.91. The quantitative estimate of drug-likeness (QED) is 0.198. The van der Waals surface area contributed by atoms with Crippen LogP contribution in [0.2, 0.25) is 0 Å². The zero-order chi connectivity index (χ0) is 35.0. The number of likely N-dealkylation sites (tertiary alicyclic amines) is 1. The summed E-state index contributed by atoms with van der Waals surface area (Å²) in [6.45, 7) is 3.88. The highest BCUT2D eigenvalue weighted by Gasteiger charge is 2.29. The van der Waals surface area contributed by atoms with Crippen LogP contribution in [0.4, 0.5) is 25.0 Å². The number of piperidine rings is 1. The number of amides is 3. The molecular weight excluding hydrogens is 684 g/mol. The normalized spacial score (nSPS) is 13.6. The zero-order valence-electron chi connectivity index (χ0n) is 27.1. The highest BCUT2D eigenvalue weighted by molar-refractivity contribution is 7.92. The molecule has 0 aromatic heterocycles. The molecule has 0 atom stereocenters. The Morgan fingerprint density at radius 1 is 1.00 bits per heavy atom. The first-order valence-corrected chi connectivity index (χ1v) is 17.2. The molecule has 0 bridgehead atoms. The van der Waals surface area contributed by atoms with E-state index in [2.05, 4.69) is 10.2 Å². The van der Waals surface area contributed by atoms with Crippen molar-refractivity contribution >= 4 is 51.7 Å². The molecule has 4 rings (SSSR count). The van der Waals surface area contributed by atoms with E-state index in [1.165, 1.54) is 12.1 Å². The van der Waals surface area contributed by atoms with Crippen molar-refractivity contribution in [3.63, 3.8) is 0 Å². The Morgan fingerprint density at radius 3 is 2.12 bits per heavy atom. The minimum Gasteiger partial charge on any atom is -0.480 e. The van der Waals surface area contributed by atoms with E-state index in [0.717, 1.165) is 35.0 Å². The number of nitrogens with one attached hydrogen (secondary N) is 1. The number of carboxylic acids is 1. The lowest BCUT2D eigenvalue weighted by Gasteiger charge is -2.38. The Balaban J connectivity index is 0.00000650. The van der Waals surface area contributed by atoms with Crippen LogP contribution in [0, 0.1) is 11.6 Å². The maximum atomic E-state index is 14.4. The fourth-order valence-electron chi connectivity index (χ4n) is 5.45. The molecule has 0 unspecified atom stereocenters. The van der Waals surface area contributed by atoms with Crippen molar-refractivity contribution in [2.45, 2.75) is 45.2 Å². The van der Waals surface area contributed by atoms with E-state index in [1.54, 1.807) is 17.0 Å². The molecule has 3 aromatic carbocycles. The molecule has 4 N–H and O–H groups in total. The van der Waals surface area contributed by atoms with Crippen molar-refractivity contribution in [3.8, 4) is 11.5 Å². The number of sulfonamides is 1. The molecule has 1 fully saturated rings. The number of ether oxygens (including phenoxy) is 1. The van der Waals surface area contributed by atoms with Crippen molar-refractivity contribution in [1.29, 1.82) is 0 Å². The fraction of sp³-hybridized carbons (Fsp3) is 0.364. The Labute approximate surface area is 290 Å². The molecule has 12 nitrogen and oxygen atoms in total. The molecule has 0 spiro atoms. The number of hydrogen-bond donors (Lipinski definition) is 3. The number of carbonyl (C=O) groups excluding carboxylic acids is 2. The first kappa shape index (κ1) is 39.0. The third-order valence-corrected chi connectivity index (χ3v) is 9.08. The molecule has 1 saturated heterocycles. The van der Waals surface area contributed by atoms with Crippen molar-refractivity contribution in [2.75, 3.05) is 42.1 Å². The Hall–Kier alpha value is -4.47. The van der Waals surface area contributed by atoms with Gasteiger partial charge < -0.3 is 25.8 Å². The number of nitrogens with zero attached hydrogens (tertiary/aromatic N) is 3. The van der Waals surface area contributed by atoms with Gasteiger partial charge >= 0.3 is 12.0 Å². The van der Waals surface area contributed by atoms with Gasteiger partial charge in [0.15, 0.2) is 0 Å². The number of hydrogen-bond acceptors (Lipinski definition) is 7. The number of primary amides is 1. The zero-order valence-corrected chi connectivity index (χ0v) is 28.7. The van der Waals surface area contributed by atoms with Gasteiger partial charge in [-0.25, -0.2) is 22.0 Å². The molecule has 0 saturated carbocycles. The van der Waals surface area contributed by atoms with Crippen LogP contribution < -0.4 is 20.1 Å². The molecule has 49 heavy (non-hydrogen) atoms. The van der Waals surface area contributed by atoms with Crippen LogP contribution in [-0.2, 0) is 21.4 Å². The Morgan fingerprint density at radius 2 is 1.59 bits per heavy atom. The molecule has 3 amide bonds. The van der Waals surface area contributed by atoms with Gasteiger partial charge in [0.25, 0.3) is 5.91 Å². The Bertz CT molecular complexity index is 1720. The number of rotatable bonds is 14. The van der Waals surface area contributed by atoms with Gasteiger partial charge in [-0.05, 0) is 67.3 Å². The number of nitrogens with two attached hydrogens (primary N) is 1. The number of benzene rings is 3. The number of carboxylic acid groups (broad SMARTS) is 1. The minimum absolute atomic E-state index is 0. The number of unbranched alkanes of at least 4 members (excludes halogenated alkanes) is 1. The van der Waals surface area contributed by atoms with E-state index in [1.807, 2.05) is 31.2 Å². The van der Waals surface area contributed by atoms with Crippen LogP contribution in [0.5, 0.6) is 11.5 Å². The maximum Gasteiger partial charge on any atom is 0.324 e. The molecule has 1 aliphatic rings. The first-order valence-electron chi connectivity index (χ1n) is 15.4. The predicted molar refractivity (Wildman–Crippen MR) is 184 cm³/mol. The number of anilines is 2. The van der Waals surface area contributed by atoms with Crippen LogP contribution in [0.3, 0.4) is 0 Å². The van der Waals surface area contributed by atoms with Gasteiger partial charge in [-0.1, -0.05) is 25.5 Å². The SMILES string of the molecule is CCCCN(C(=O)Nc1cc(C(N)=O)c(F)cc1F)C1CCN(Cc2ccc(Oc3ccc(N(CC(=O)O)S(C)(=O)=O)cc3)cc2)CC1.Cl. The summed E-state index contributed by atoms with van der Waals surface area (Å²) >= 11 is 0. The molecule has 266 valence electrons. The third-order valence-electron chi connectivity index (χ3n) is 7.94. The number of urea groups is 1. The van der Waals surface area contributed by atoms with E-state index >= 15 is 0 Å². The summed E-state index contributed by atoms with van der Waals surface area (Å²) < 4.78 is 59.1. The van der Waals surface area contributed by atoms with E-state index in [4.69, 9.17) is 15.6 Å². The smallest absolute Gasteiger partial charge is 0.324 e. The van der Waals surface area contributed by atoms with Gasteiger partial charge in [-0.2, -0.15) is 0 Å². The van der Waals surface area contributed by atoms with E-state index in [-0.39, 0.29) is 29.8 Å². The molecule has 0 aliphatic carbocycles. The lowest BCUT2D eigenvalue weighted by molar-refractivity contribution is -0.135. The largest absolute Gasteiger partial charge is 0.480 e. The van der Waals surface area contributed by atoms with Crippen LogP contribution >= 0.6 is 12.4 Å². The Kier molecular flexibility index (Phi) is 13.7. The average molecular weight is 724 g/mol. The number of aliphatic carboxylic acids is 1. The van der Waals surface area contributed by atoms with Crippen LogP contribution in [0.25, 0.3) is 0 Å². The third kappa shape index (κ3) is 10.8. The summed E-state index contributed by atoms with van der Waals surface area (Å²) in [6, 6.07) is 14.4. The summed E-state index contributed by atoms with van der Waals surface area (Å²) in [4.78, 5) is 39.8. The number of halogens is 3. The first-order chi connectivity index (χ1) is 22.7. The summed E-state index contributed by atoms with van der Waals surface area (Å²) in [5.41, 5.74) is 5.62. The average Bonchev–Trinajstić information content (AvgIpc) is 3.03. The van der Waals surface area contributed by atoms with Gasteiger partial charge in [0.2, 0.25) is 10.0 Å². The molecular formula is C33H40ClF2N5O7S. The molecule has 3 aromatic rings. The van der Waals surface area contributed by atoms with E-state index in [0.29, 0.717) is 56.6 Å². The highest BCUT2D eigenvalue weighted by atomic mass is 35.5. The second kappa shape index (κ2) is 17.3. The van der Waals surface area contributed by atoms with Gasteiger partial charge in [0.05, 0.1) is 23.2 Å². The number of carbonyl (C=O) groups is 3. The monoisotopic (exact) mass is 723 g/mol. The van der Waals surface area contributed by atoms with Crippen molar-refractivity contribution in [2.24, 2.45) is 5.73 Å². The molecule has 16 heteroatoms. The summed E-state index contributed by atoms with van der Waals surface area (Å²) in [5, 5.41) is 11.6.